The van der Waals surface area contributed by atoms with Gasteiger partial charge in [-0.05, 0) is 43.4 Å². The Morgan fingerprint density at radius 2 is 2.00 bits per heavy atom. The van der Waals surface area contributed by atoms with Gasteiger partial charge in [-0.2, -0.15) is 5.10 Å². The second-order valence-electron chi connectivity index (χ2n) is 7.22. The first-order valence-electron chi connectivity index (χ1n) is 9.63. The number of guanidine groups is 1. The Labute approximate surface area is 163 Å². The highest BCUT2D eigenvalue weighted by Gasteiger charge is 2.07. The van der Waals surface area contributed by atoms with Crippen LogP contribution in [0.25, 0.3) is 0 Å². The van der Waals surface area contributed by atoms with E-state index in [4.69, 9.17) is 4.74 Å². The molecule has 0 amide bonds. The summed E-state index contributed by atoms with van der Waals surface area (Å²) in [6.07, 6.45) is 4.05. The van der Waals surface area contributed by atoms with Gasteiger partial charge in [0, 0.05) is 32.4 Å². The third kappa shape index (κ3) is 6.96. The predicted octanol–water partition coefficient (Wildman–Crippen LogP) is 3.41. The maximum atomic E-state index is 6.06. The number of aromatic nitrogens is 2. The number of aliphatic imine (C=N–C) groups is 1. The Morgan fingerprint density at radius 3 is 2.67 bits per heavy atom. The summed E-state index contributed by atoms with van der Waals surface area (Å²) < 4.78 is 7.91. The van der Waals surface area contributed by atoms with Crippen LogP contribution in [0, 0.1) is 12.8 Å². The summed E-state index contributed by atoms with van der Waals surface area (Å²) in [7, 11) is 3.71. The molecule has 0 unspecified atom stereocenters. The Kier molecular flexibility index (Phi) is 8.17. The molecule has 0 radical (unpaired) electrons. The fraction of sp³-hybridized carbons (Fsp3) is 0.524. The van der Waals surface area contributed by atoms with Gasteiger partial charge in [-0.1, -0.05) is 26.0 Å². The van der Waals surface area contributed by atoms with E-state index in [0.29, 0.717) is 19.0 Å². The van der Waals surface area contributed by atoms with Crippen LogP contribution in [-0.4, -0.2) is 29.4 Å². The molecule has 1 aromatic heterocycles. The molecule has 148 valence electrons. The molecule has 6 nitrogen and oxygen atoms in total. The average Bonchev–Trinajstić information content (AvgIpc) is 3.05. The molecule has 6 heteroatoms. The molecule has 0 saturated heterocycles. The van der Waals surface area contributed by atoms with E-state index in [2.05, 4.69) is 59.7 Å². The maximum Gasteiger partial charge on any atom is 0.191 e. The van der Waals surface area contributed by atoms with E-state index in [0.717, 1.165) is 36.0 Å². The van der Waals surface area contributed by atoms with E-state index < -0.39 is 0 Å². The minimum Gasteiger partial charge on any atom is -0.493 e. The second-order valence-corrected chi connectivity index (χ2v) is 7.22. The van der Waals surface area contributed by atoms with Crippen LogP contribution in [0.1, 0.15) is 43.5 Å². The molecule has 2 rings (SSSR count). The van der Waals surface area contributed by atoms with E-state index in [1.807, 2.05) is 17.8 Å². The zero-order valence-corrected chi connectivity index (χ0v) is 17.2. The number of hydrogen-bond donors (Lipinski definition) is 2. The summed E-state index contributed by atoms with van der Waals surface area (Å²) >= 11 is 0. The van der Waals surface area contributed by atoms with Gasteiger partial charge in [0.2, 0.25) is 0 Å². The molecule has 0 atom stereocenters. The topological polar surface area (TPSA) is 63.5 Å². The van der Waals surface area contributed by atoms with Crippen molar-refractivity contribution in [1.82, 2.24) is 20.4 Å². The van der Waals surface area contributed by atoms with Gasteiger partial charge in [0.25, 0.3) is 0 Å². The van der Waals surface area contributed by atoms with Crippen LogP contribution < -0.4 is 15.4 Å². The second kappa shape index (κ2) is 10.6. The molecule has 2 N–H and O–H groups in total. The average molecular weight is 372 g/mol. The van der Waals surface area contributed by atoms with Crippen molar-refractivity contribution in [2.75, 3.05) is 13.7 Å². The smallest absolute Gasteiger partial charge is 0.191 e. The fourth-order valence-corrected chi connectivity index (χ4v) is 2.76. The third-order valence-electron chi connectivity index (χ3n) is 4.44. The highest BCUT2D eigenvalue weighted by Crippen LogP contribution is 2.21. The first kappa shape index (κ1) is 20.8. The molecule has 0 saturated carbocycles. The van der Waals surface area contributed by atoms with E-state index in [1.165, 1.54) is 12.0 Å². The minimum absolute atomic E-state index is 0.658. The lowest BCUT2D eigenvalue weighted by Gasteiger charge is -2.16. The van der Waals surface area contributed by atoms with Crippen LogP contribution in [0.5, 0.6) is 5.75 Å². The molecular formula is C21H33N5O. The highest BCUT2D eigenvalue weighted by molar-refractivity contribution is 5.79. The molecule has 0 bridgehead atoms. The van der Waals surface area contributed by atoms with E-state index in [-0.39, 0.29) is 0 Å². The summed E-state index contributed by atoms with van der Waals surface area (Å²) in [5.41, 5.74) is 3.44. The Balaban J connectivity index is 1.90. The van der Waals surface area contributed by atoms with Gasteiger partial charge in [-0.3, -0.25) is 9.67 Å². The van der Waals surface area contributed by atoms with Crippen molar-refractivity contribution in [2.24, 2.45) is 18.0 Å². The van der Waals surface area contributed by atoms with Gasteiger partial charge >= 0.3 is 0 Å². The van der Waals surface area contributed by atoms with E-state index in [1.54, 1.807) is 13.2 Å². The summed E-state index contributed by atoms with van der Waals surface area (Å²) in [6.45, 7) is 8.65. The van der Waals surface area contributed by atoms with Gasteiger partial charge in [0.05, 0.1) is 18.8 Å². The van der Waals surface area contributed by atoms with Gasteiger partial charge in [0.15, 0.2) is 5.96 Å². The molecule has 0 aliphatic carbocycles. The van der Waals surface area contributed by atoms with Crippen LogP contribution in [-0.2, 0) is 20.1 Å². The molecule has 0 fully saturated rings. The minimum atomic E-state index is 0.658. The summed E-state index contributed by atoms with van der Waals surface area (Å²) in [5.74, 6) is 2.41. The standard InChI is InChI=1S/C21H33N5O/c1-16(2)7-6-12-27-20-13-17(3)8-9-18(20)14-23-21(22-4)24-15-19-10-11-25-26(19)5/h8-11,13,16H,6-7,12,14-15H2,1-5H3,(H2,22,23,24). The monoisotopic (exact) mass is 371 g/mol. The van der Waals surface area contributed by atoms with Gasteiger partial charge in [-0.15, -0.1) is 0 Å². The number of aryl methyl sites for hydroxylation is 2. The van der Waals surface area contributed by atoms with Crippen molar-refractivity contribution in [3.05, 3.63) is 47.3 Å². The molecule has 1 aromatic carbocycles. The SMILES string of the molecule is CN=C(NCc1ccc(C)cc1OCCCC(C)C)NCc1ccnn1C. The zero-order chi connectivity index (χ0) is 19.6. The lowest BCUT2D eigenvalue weighted by Crippen LogP contribution is -2.36. The van der Waals surface area contributed by atoms with Gasteiger partial charge in [-0.25, -0.2) is 0 Å². The van der Waals surface area contributed by atoms with Gasteiger partial charge < -0.3 is 15.4 Å². The first-order valence-corrected chi connectivity index (χ1v) is 9.63. The van der Waals surface area contributed by atoms with Crippen LogP contribution in [0.4, 0.5) is 0 Å². The summed E-state index contributed by atoms with van der Waals surface area (Å²) in [4.78, 5) is 4.30. The van der Waals surface area contributed by atoms with Crippen molar-refractivity contribution in [3.8, 4) is 5.75 Å². The van der Waals surface area contributed by atoms with E-state index in [9.17, 15) is 0 Å². The van der Waals surface area contributed by atoms with Crippen molar-refractivity contribution in [3.63, 3.8) is 0 Å². The largest absolute Gasteiger partial charge is 0.493 e. The Hall–Kier alpha value is -2.50. The van der Waals surface area contributed by atoms with Crippen LogP contribution in [0.15, 0.2) is 35.5 Å². The third-order valence-corrected chi connectivity index (χ3v) is 4.44. The number of nitrogens with zero attached hydrogens (tertiary/aromatic N) is 3. The molecule has 0 spiro atoms. The molecule has 0 aliphatic rings. The normalized spacial score (nSPS) is 11.7. The molecule has 27 heavy (non-hydrogen) atoms. The van der Waals surface area contributed by atoms with Crippen molar-refractivity contribution >= 4 is 5.96 Å². The summed E-state index contributed by atoms with van der Waals surface area (Å²) in [5, 5.41) is 10.9. The van der Waals surface area contributed by atoms with Crippen molar-refractivity contribution in [2.45, 2.75) is 46.7 Å². The Morgan fingerprint density at radius 1 is 1.22 bits per heavy atom. The molecule has 2 aromatic rings. The zero-order valence-electron chi connectivity index (χ0n) is 17.2. The lowest BCUT2D eigenvalue weighted by molar-refractivity contribution is 0.294. The van der Waals surface area contributed by atoms with Crippen LogP contribution >= 0.6 is 0 Å². The summed E-state index contributed by atoms with van der Waals surface area (Å²) in [6, 6.07) is 8.33. The Bertz CT molecular complexity index is 736. The molecular weight excluding hydrogens is 338 g/mol. The van der Waals surface area contributed by atoms with Crippen molar-refractivity contribution in [1.29, 1.82) is 0 Å². The number of hydrogen-bond acceptors (Lipinski definition) is 3. The van der Waals surface area contributed by atoms with Crippen LogP contribution in [0.3, 0.4) is 0 Å². The number of ether oxygens (including phenoxy) is 1. The van der Waals surface area contributed by atoms with Crippen LogP contribution in [0.2, 0.25) is 0 Å². The first-order chi connectivity index (χ1) is 13.0. The predicted molar refractivity (Wildman–Crippen MR) is 111 cm³/mol. The quantitative estimate of drug-likeness (QED) is 0.403. The van der Waals surface area contributed by atoms with Crippen molar-refractivity contribution < 1.29 is 4.74 Å². The number of nitrogens with one attached hydrogen (secondary N) is 2. The number of rotatable bonds is 9. The molecule has 1 heterocycles. The van der Waals surface area contributed by atoms with Gasteiger partial charge in [0.1, 0.15) is 5.75 Å². The highest BCUT2D eigenvalue weighted by atomic mass is 16.5. The molecule has 0 aliphatic heterocycles. The van der Waals surface area contributed by atoms with E-state index >= 15 is 0 Å². The number of benzene rings is 1. The fourth-order valence-electron chi connectivity index (χ4n) is 2.76. The lowest BCUT2D eigenvalue weighted by atomic mass is 10.1. The maximum absolute atomic E-state index is 6.06.